The summed E-state index contributed by atoms with van der Waals surface area (Å²) in [4.78, 5) is 41.8. The summed E-state index contributed by atoms with van der Waals surface area (Å²) in [5, 5.41) is 13.1. The predicted octanol–water partition coefficient (Wildman–Crippen LogP) is 1.96. The van der Waals surface area contributed by atoms with Gasteiger partial charge in [-0.15, -0.1) is 11.8 Å². The molecule has 8 heteroatoms. The van der Waals surface area contributed by atoms with E-state index in [0.717, 1.165) is 6.42 Å². The normalized spacial score (nSPS) is 35.8. The van der Waals surface area contributed by atoms with Crippen LogP contribution in [-0.4, -0.2) is 68.6 Å². The molecular formula is C22H36N2O5S. The average molecular weight is 441 g/mol. The number of carbonyl (C=O) groups is 3. The number of aliphatic hydroxyl groups excluding tert-OH is 1. The van der Waals surface area contributed by atoms with Crippen LogP contribution in [0.15, 0.2) is 0 Å². The summed E-state index contributed by atoms with van der Waals surface area (Å²) >= 11 is 1.63. The van der Waals surface area contributed by atoms with Crippen LogP contribution >= 0.6 is 11.8 Å². The van der Waals surface area contributed by atoms with Gasteiger partial charge in [-0.1, -0.05) is 13.8 Å². The van der Waals surface area contributed by atoms with E-state index in [4.69, 9.17) is 4.74 Å². The fourth-order valence-electron chi connectivity index (χ4n) is 5.83. The first-order valence-electron chi connectivity index (χ1n) is 11.1. The smallest absolute Gasteiger partial charge is 0.311 e. The molecule has 2 amide bonds. The number of thioether (sulfide) groups is 1. The molecule has 0 aromatic heterocycles. The first kappa shape index (κ1) is 23.4. The summed E-state index contributed by atoms with van der Waals surface area (Å²) in [6.45, 7) is 11.7. The second-order valence-corrected chi connectivity index (χ2v) is 11.8. The number of rotatable bonds is 8. The van der Waals surface area contributed by atoms with Crippen molar-refractivity contribution < 1.29 is 24.2 Å². The maximum absolute atomic E-state index is 13.8. The summed E-state index contributed by atoms with van der Waals surface area (Å²) in [5.41, 5.74) is 0. The van der Waals surface area contributed by atoms with Crippen LogP contribution in [0.1, 0.15) is 60.8 Å². The van der Waals surface area contributed by atoms with Crippen LogP contribution < -0.4 is 5.32 Å². The number of aliphatic hydroxyl groups is 1. The van der Waals surface area contributed by atoms with Crippen LogP contribution in [0.5, 0.6) is 0 Å². The van der Waals surface area contributed by atoms with Gasteiger partial charge in [0.05, 0.1) is 35.8 Å². The van der Waals surface area contributed by atoms with E-state index in [2.05, 4.69) is 5.32 Å². The molecule has 6 atom stereocenters. The molecular weight excluding hydrogens is 404 g/mol. The van der Waals surface area contributed by atoms with Crippen LogP contribution in [-0.2, 0) is 19.1 Å². The second-order valence-electron chi connectivity index (χ2n) is 9.85. The van der Waals surface area contributed by atoms with Crippen LogP contribution in [0, 0.1) is 17.8 Å². The number of esters is 1. The molecule has 2 bridgehead atoms. The molecule has 2 unspecified atom stereocenters. The number of hydrogen-bond donors (Lipinski definition) is 2. The van der Waals surface area contributed by atoms with E-state index >= 15 is 0 Å². The Morgan fingerprint density at radius 3 is 2.50 bits per heavy atom. The molecule has 3 rings (SSSR count). The molecule has 0 saturated carbocycles. The average Bonchev–Trinajstić information content (AvgIpc) is 3.20. The van der Waals surface area contributed by atoms with Gasteiger partial charge in [-0.05, 0) is 52.9 Å². The molecule has 1 spiro atoms. The molecule has 170 valence electrons. The third-order valence-electron chi connectivity index (χ3n) is 6.78. The van der Waals surface area contributed by atoms with Crippen LogP contribution in [0.3, 0.4) is 0 Å². The molecule has 3 aliphatic heterocycles. The van der Waals surface area contributed by atoms with Crippen molar-refractivity contribution in [2.24, 2.45) is 17.8 Å². The van der Waals surface area contributed by atoms with Crippen molar-refractivity contribution >= 4 is 29.5 Å². The van der Waals surface area contributed by atoms with E-state index in [0.29, 0.717) is 12.8 Å². The molecule has 3 aliphatic rings. The van der Waals surface area contributed by atoms with Crippen molar-refractivity contribution in [3.05, 3.63) is 0 Å². The molecule has 3 saturated heterocycles. The van der Waals surface area contributed by atoms with E-state index in [1.54, 1.807) is 23.6 Å². The number of amides is 2. The predicted molar refractivity (Wildman–Crippen MR) is 116 cm³/mol. The maximum Gasteiger partial charge on any atom is 0.311 e. The van der Waals surface area contributed by atoms with Crippen molar-refractivity contribution in [2.75, 3.05) is 13.2 Å². The monoisotopic (exact) mass is 440 g/mol. The largest absolute Gasteiger partial charge is 0.466 e. The molecule has 0 aliphatic carbocycles. The summed E-state index contributed by atoms with van der Waals surface area (Å²) in [6.07, 6.45) is 2.06. The van der Waals surface area contributed by atoms with Crippen molar-refractivity contribution in [3.8, 4) is 0 Å². The van der Waals surface area contributed by atoms with Gasteiger partial charge in [0.15, 0.2) is 0 Å². The Labute approximate surface area is 183 Å². The minimum Gasteiger partial charge on any atom is -0.466 e. The fraction of sp³-hybridized carbons (Fsp3) is 0.864. The molecule has 0 radical (unpaired) electrons. The van der Waals surface area contributed by atoms with Gasteiger partial charge >= 0.3 is 5.97 Å². The summed E-state index contributed by atoms with van der Waals surface area (Å²) in [7, 11) is 0. The van der Waals surface area contributed by atoms with Gasteiger partial charge in [0.2, 0.25) is 11.8 Å². The number of fused-ring (bicyclic) bond motifs is 1. The first-order chi connectivity index (χ1) is 14.0. The lowest BCUT2D eigenvalue weighted by Crippen LogP contribution is -2.57. The SMILES string of the molecule is CCOC(=O)[C@H]1[C@H]2C(=O)N([C@@H](CO)CC(C)C)C(C(=O)NC(C)C)C23CC[C@]1(C)S3. The van der Waals surface area contributed by atoms with Crippen LogP contribution in [0.25, 0.3) is 0 Å². The summed E-state index contributed by atoms with van der Waals surface area (Å²) in [6, 6.07) is -1.21. The molecule has 3 fully saturated rings. The number of ether oxygens (including phenoxy) is 1. The zero-order chi connectivity index (χ0) is 22.4. The fourth-order valence-corrected chi connectivity index (χ4v) is 8.16. The van der Waals surface area contributed by atoms with Crippen molar-refractivity contribution in [3.63, 3.8) is 0 Å². The van der Waals surface area contributed by atoms with Crippen LogP contribution in [0.4, 0.5) is 0 Å². The van der Waals surface area contributed by atoms with Crippen molar-refractivity contribution in [2.45, 2.75) is 88.4 Å². The second kappa shape index (κ2) is 8.34. The van der Waals surface area contributed by atoms with Gasteiger partial charge in [0, 0.05) is 10.8 Å². The summed E-state index contributed by atoms with van der Waals surface area (Å²) in [5.74, 6) is -1.63. The third-order valence-corrected chi connectivity index (χ3v) is 8.77. The highest BCUT2D eigenvalue weighted by atomic mass is 32.2. The van der Waals surface area contributed by atoms with E-state index in [9.17, 15) is 19.5 Å². The number of nitrogens with zero attached hydrogens (tertiary/aromatic N) is 1. The number of likely N-dealkylation sites (tertiary alicyclic amines) is 1. The Morgan fingerprint density at radius 1 is 1.30 bits per heavy atom. The molecule has 7 nitrogen and oxygen atoms in total. The maximum atomic E-state index is 13.8. The van der Waals surface area contributed by atoms with Crippen molar-refractivity contribution in [1.29, 1.82) is 0 Å². The number of hydrogen-bond acceptors (Lipinski definition) is 6. The van der Waals surface area contributed by atoms with Gasteiger partial charge in [0.1, 0.15) is 6.04 Å². The topological polar surface area (TPSA) is 95.9 Å². The van der Waals surface area contributed by atoms with Gasteiger partial charge in [-0.3, -0.25) is 14.4 Å². The van der Waals surface area contributed by atoms with Crippen LogP contribution in [0.2, 0.25) is 0 Å². The Balaban J connectivity index is 2.09. The Hall–Kier alpha value is -1.28. The highest BCUT2D eigenvalue weighted by molar-refractivity contribution is 8.02. The lowest BCUT2D eigenvalue weighted by atomic mass is 9.66. The molecule has 2 N–H and O–H groups in total. The Morgan fingerprint density at radius 2 is 1.97 bits per heavy atom. The number of carbonyl (C=O) groups excluding carboxylic acids is 3. The van der Waals surface area contributed by atoms with E-state index in [1.165, 1.54) is 0 Å². The van der Waals surface area contributed by atoms with E-state index < -0.39 is 33.4 Å². The lowest BCUT2D eigenvalue weighted by Gasteiger charge is -2.38. The summed E-state index contributed by atoms with van der Waals surface area (Å²) < 4.78 is 4.30. The van der Waals surface area contributed by atoms with Gasteiger partial charge < -0.3 is 20.1 Å². The highest BCUT2D eigenvalue weighted by Gasteiger charge is 2.77. The van der Waals surface area contributed by atoms with Gasteiger partial charge in [-0.25, -0.2) is 0 Å². The molecule has 0 aromatic carbocycles. The first-order valence-corrected chi connectivity index (χ1v) is 11.9. The lowest BCUT2D eigenvalue weighted by molar-refractivity contribution is -0.155. The van der Waals surface area contributed by atoms with Gasteiger partial charge in [-0.2, -0.15) is 0 Å². The minimum atomic E-state index is -0.695. The van der Waals surface area contributed by atoms with Gasteiger partial charge in [0.25, 0.3) is 0 Å². The third kappa shape index (κ3) is 3.53. The van der Waals surface area contributed by atoms with E-state index in [-0.39, 0.29) is 43.0 Å². The quantitative estimate of drug-likeness (QED) is 0.560. The highest BCUT2D eigenvalue weighted by Crippen LogP contribution is 2.71. The molecule has 3 heterocycles. The van der Waals surface area contributed by atoms with E-state index in [1.807, 2.05) is 34.6 Å². The zero-order valence-corrected chi connectivity index (χ0v) is 19.8. The zero-order valence-electron chi connectivity index (χ0n) is 18.9. The minimum absolute atomic E-state index is 0.0670. The Kier molecular flexibility index (Phi) is 6.50. The molecule has 0 aromatic rings. The molecule has 30 heavy (non-hydrogen) atoms. The number of nitrogens with one attached hydrogen (secondary N) is 1. The standard InChI is InChI=1S/C22H36N2O5S/c1-7-29-20(28)16-15-19(27)24(14(11-25)10-12(2)3)17(18(26)23-13(4)5)22(15)9-8-21(16,6)30-22/h12-17,25H,7-11H2,1-6H3,(H,23,26)/t14-,15+,16-,17?,21+,22?/m1/s1. The Bertz CT molecular complexity index is 714. The van der Waals surface area contributed by atoms with Crippen molar-refractivity contribution in [1.82, 2.24) is 10.2 Å².